The summed E-state index contributed by atoms with van der Waals surface area (Å²) in [5.41, 5.74) is 1.59. The Morgan fingerprint density at radius 2 is 2.40 bits per heavy atom. The molecule has 0 saturated carbocycles. The number of amides is 1. The third kappa shape index (κ3) is 2.47. The van der Waals surface area contributed by atoms with Crippen molar-refractivity contribution in [2.45, 2.75) is 13.3 Å². The maximum atomic E-state index is 12.1. The van der Waals surface area contributed by atoms with E-state index in [1.54, 1.807) is 11.3 Å². The third-order valence-corrected chi connectivity index (χ3v) is 4.37. The van der Waals surface area contributed by atoms with Gasteiger partial charge in [-0.05, 0) is 29.4 Å². The van der Waals surface area contributed by atoms with Crippen LogP contribution >= 0.6 is 22.9 Å². The fourth-order valence-corrected chi connectivity index (χ4v) is 3.07. The summed E-state index contributed by atoms with van der Waals surface area (Å²) in [6.45, 7) is 1.94. The zero-order valence-corrected chi connectivity index (χ0v) is 12.2. The molecule has 0 aliphatic carbocycles. The average molecular weight is 305 g/mol. The monoisotopic (exact) mass is 305 g/mol. The van der Waals surface area contributed by atoms with Crippen LogP contribution in [0.15, 0.2) is 23.6 Å². The molecule has 0 spiro atoms. The first-order chi connectivity index (χ1) is 9.78. The van der Waals surface area contributed by atoms with Crippen LogP contribution < -0.4 is 5.32 Å². The molecule has 0 atom stereocenters. The maximum absolute atomic E-state index is 12.1. The molecule has 0 aliphatic heterocycles. The summed E-state index contributed by atoms with van der Waals surface area (Å²) in [5, 5.41) is 15.7. The van der Waals surface area contributed by atoms with Crippen molar-refractivity contribution in [2.24, 2.45) is 0 Å². The number of nitrogens with zero attached hydrogens (tertiary/aromatic N) is 3. The van der Waals surface area contributed by atoms with Gasteiger partial charge in [-0.1, -0.05) is 17.5 Å². The van der Waals surface area contributed by atoms with Gasteiger partial charge >= 0.3 is 0 Å². The first-order valence-electron chi connectivity index (χ1n) is 5.99. The van der Waals surface area contributed by atoms with Crippen molar-refractivity contribution in [3.63, 3.8) is 0 Å². The lowest BCUT2D eigenvalue weighted by molar-refractivity contribution is 0.102. The van der Waals surface area contributed by atoms with Crippen LogP contribution in [0, 0.1) is 0 Å². The smallest absolute Gasteiger partial charge is 0.270 e. The first-order valence-corrected chi connectivity index (χ1v) is 7.65. The second-order valence-corrected chi connectivity index (χ2v) is 5.70. The number of aromatic amines is 1. The quantitative estimate of drug-likeness (QED) is 0.776. The van der Waals surface area contributed by atoms with Crippen LogP contribution in [0.25, 0.3) is 10.6 Å². The maximum Gasteiger partial charge on any atom is 0.270 e. The van der Waals surface area contributed by atoms with Gasteiger partial charge in [0.25, 0.3) is 5.91 Å². The molecule has 102 valence electrons. The van der Waals surface area contributed by atoms with E-state index in [0.717, 1.165) is 22.1 Å². The van der Waals surface area contributed by atoms with Crippen molar-refractivity contribution in [2.75, 3.05) is 5.32 Å². The van der Waals surface area contributed by atoms with Crippen molar-refractivity contribution in [3.05, 3.63) is 34.2 Å². The highest BCUT2D eigenvalue weighted by Crippen LogP contribution is 2.24. The van der Waals surface area contributed by atoms with E-state index in [9.17, 15) is 4.79 Å². The zero-order chi connectivity index (χ0) is 13.9. The third-order valence-electron chi connectivity index (χ3n) is 2.70. The lowest BCUT2D eigenvalue weighted by Gasteiger charge is -1.99. The van der Waals surface area contributed by atoms with Gasteiger partial charge in [0.2, 0.25) is 0 Å². The topological polar surface area (TPSA) is 83.6 Å². The Bertz CT molecular complexity index is 716. The van der Waals surface area contributed by atoms with Gasteiger partial charge < -0.3 is 5.32 Å². The minimum Gasteiger partial charge on any atom is -0.304 e. The van der Waals surface area contributed by atoms with Gasteiger partial charge in [0, 0.05) is 6.07 Å². The van der Waals surface area contributed by atoms with Gasteiger partial charge in [-0.3, -0.25) is 9.89 Å². The molecule has 0 bridgehead atoms. The molecule has 8 heteroatoms. The van der Waals surface area contributed by atoms with E-state index in [2.05, 4.69) is 25.1 Å². The molecule has 0 radical (unpaired) electrons. The van der Waals surface area contributed by atoms with Crippen LogP contribution in [0.2, 0.25) is 0 Å². The van der Waals surface area contributed by atoms with E-state index in [1.165, 1.54) is 0 Å². The van der Waals surface area contributed by atoms with Gasteiger partial charge in [-0.2, -0.15) is 5.10 Å². The van der Waals surface area contributed by atoms with E-state index < -0.39 is 0 Å². The molecule has 20 heavy (non-hydrogen) atoms. The molecule has 0 aliphatic rings. The SMILES string of the molecule is CCc1nnsc1C(=O)Nc1cc(-c2cccs2)[nH]n1. The molecule has 3 aromatic heterocycles. The average Bonchev–Trinajstić information content (AvgIpc) is 3.19. The molecular formula is C12H11N5OS2. The molecule has 3 rings (SSSR count). The van der Waals surface area contributed by atoms with E-state index in [-0.39, 0.29) is 5.91 Å². The summed E-state index contributed by atoms with van der Waals surface area (Å²) in [6, 6.07) is 5.77. The van der Waals surface area contributed by atoms with E-state index in [1.807, 2.05) is 30.5 Å². The number of aromatic nitrogens is 4. The lowest BCUT2D eigenvalue weighted by atomic mass is 10.3. The van der Waals surface area contributed by atoms with Crippen LogP contribution in [0.5, 0.6) is 0 Å². The van der Waals surface area contributed by atoms with Gasteiger partial charge in [0.15, 0.2) is 5.82 Å². The molecule has 1 amide bonds. The highest BCUT2D eigenvalue weighted by Gasteiger charge is 2.16. The predicted octanol–water partition coefficient (Wildman–Crippen LogP) is 2.80. The standard InChI is InChI=1S/C12H11N5OS2/c1-2-7-11(20-17-15-7)12(18)13-10-6-8(14-16-10)9-4-3-5-19-9/h3-6H,2H2,1H3,(H2,13,14,16,18). The van der Waals surface area contributed by atoms with Crippen molar-refractivity contribution < 1.29 is 4.79 Å². The minimum atomic E-state index is -0.221. The molecule has 0 unspecified atom stereocenters. The van der Waals surface area contributed by atoms with Crippen molar-refractivity contribution in [1.82, 2.24) is 19.8 Å². The Kier molecular flexibility index (Phi) is 3.57. The number of carbonyl (C=O) groups is 1. The molecule has 6 nitrogen and oxygen atoms in total. The molecular weight excluding hydrogens is 294 g/mol. The number of carbonyl (C=O) groups excluding carboxylic acids is 1. The molecule has 3 heterocycles. The van der Waals surface area contributed by atoms with Crippen molar-refractivity contribution >= 4 is 34.6 Å². The molecule has 3 aromatic rings. The highest BCUT2D eigenvalue weighted by atomic mass is 32.1. The number of H-pyrrole nitrogens is 1. The Morgan fingerprint density at radius 1 is 1.50 bits per heavy atom. The van der Waals surface area contributed by atoms with Crippen molar-refractivity contribution in [3.8, 4) is 10.6 Å². The summed E-state index contributed by atoms with van der Waals surface area (Å²) < 4.78 is 3.81. The number of hydrogen-bond donors (Lipinski definition) is 2. The number of rotatable bonds is 4. The molecule has 2 N–H and O–H groups in total. The molecule has 0 saturated heterocycles. The summed E-state index contributed by atoms with van der Waals surface area (Å²) >= 11 is 2.71. The van der Waals surface area contributed by atoms with Crippen LogP contribution in [-0.2, 0) is 6.42 Å². The lowest BCUT2D eigenvalue weighted by Crippen LogP contribution is -2.12. The summed E-state index contributed by atoms with van der Waals surface area (Å²) in [7, 11) is 0. The second-order valence-electron chi connectivity index (χ2n) is 4.00. The summed E-state index contributed by atoms with van der Waals surface area (Å²) in [5.74, 6) is 0.273. The summed E-state index contributed by atoms with van der Waals surface area (Å²) in [4.78, 5) is 13.7. The normalized spacial score (nSPS) is 10.7. The van der Waals surface area contributed by atoms with Crippen molar-refractivity contribution in [1.29, 1.82) is 0 Å². The Labute approximate surface area is 123 Å². The number of hydrogen-bond acceptors (Lipinski definition) is 6. The van der Waals surface area contributed by atoms with Crippen LogP contribution in [0.4, 0.5) is 5.82 Å². The van der Waals surface area contributed by atoms with Gasteiger partial charge in [-0.25, -0.2) is 0 Å². The van der Waals surface area contributed by atoms with Crippen LogP contribution in [-0.4, -0.2) is 25.7 Å². The van der Waals surface area contributed by atoms with Crippen LogP contribution in [0.1, 0.15) is 22.3 Å². The van der Waals surface area contributed by atoms with Gasteiger partial charge in [0.1, 0.15) is 4.88 Å². The number of thiophene rings is 1. The molecule has 0 fully saturated rings. The number of aryl methyl sites for hydroxylation is 1. The van der Waals surface area contributed by atoms with E-state index in [0.29, 0.717) is 22.8 Å². The molecule has 0 aromatic carbocycles. The Hall–Kier alpha value is -2.06. The van der Waals surface area contributed by atoms with E-state index in [4.69, 9.17) is 0 Å². The van der Waals surface area contributed by atoms with Crippen LogP contribution in [0.3, 0.4) is 0 Å². The van der Waals surface area contributed by atoms with E-state index >= 15 is 0 Å². The Balaban J connectivity index is 1.77. The predicted molar refractivity (Wildman–Crippen MR) is 79.1 cm³/mol. The minimum absolute atomic E-state index is 0.221. The first kappa shape index (κ1) is 12.9. The summed E-state index contributed by atoms with van der Waals surface area (Å²) in [6.07, 6.45) is 0.681. The fraction of sp³-hybridized carbons (Fsp3) is 0.167. The largest absolute Gasteiger partial charge is 0.304 e. The number of anilines is 1. The zero-order valence-electron chi connectivity index (χ0n) is 10.6. The highest BCUT2D eigenvalue weighted by molar-refractivity contribution is 7.13. The second kappa shape index (κ2) is 5.51. The van der Waals surface area contributed by atoms with Gasteiger partial charge in [-0.15, -0.1) is 16.4 Å². The van der Waals surface area contributed by atoms with Gasteiger partial charge in [0.05, 0.1) is 16.3 Å². The Morgan fingerprint density at radius 3 is 3.15 bits per heavy atom. The number of nitrogens with one attached hydrogen (secondary N) is 2. The fourth-order valence-electron chi connectivity index (χ4n) is 1.73.